The molecule has 1 heterocycles. The fraction of sp³-hybridized carbons (Fsp3) is 0.400. The van der Waals surface area contributed by atoms with Crippen LogP contribution in [0.3, 0.4) is 0 Å². The van der Waals surface area contributed by atoms with Crippen molar-refractivity contribution in [2.75, 3.05) is 11.1 Å². The number of nitrogens with zero attached hydrogens (tertiary/aromatic N) is 2. The molecule has 0 saturated carbocycles. The van der Waals surface area contributed by atoms with Gasteiger partial charge in [0.2, 0.25) is 11.0 Å². The zero-order chi connectivity index (χ0) is 16.9. The number of rotatable bonds is 7. The van der Waals surface area contributed by atoms with Gasteiger partial charge in [-0.25, -0.2) is 0 Å². The molecule has 0 bridgehead atoms. The Labute approximate surface area is 152 Å². The molecule has 2 N–H and O–H groups in total. The third kappa shape index (κ3) is 6.12. The van der Waals surface area contributed by atoms with E-state index >= 15 is 0 Å². The maximum Gasteiger partial charge on any atom is 0.230 e. The van der Waals surface area contributed by atoms with Crippen molar-refractivity contribution in [2.45, 2.75) is 37.1 Å². The lowest BCUT2D eigenvalue weighted by atomic mass is 10.0. The van der Waals surface area contributed by atoms with E-state index in [0.717, 1.165) is 20.9 Å². The van der Waals surface area contributed by atoms with Crippen LogP contribution in [0.4, 0.5) is 10.8 Å². The molecule has 0 fully saturated rings. The fourth-order valence-electron chi connectivity index (χ4n) is 1.64. The Hall–Kier alpha value is -1.12. The van der Waals surface area contributed by atoms with Gasteiger partial charge in [0, 0.05) is 15.7 Å². The maximum atomic E-state index is 11.9. The quantitative estimate of drug-likeness (QED) is 0.655. The van der Waals surface area contributed by atoms with Crippen molar-refractivity contribution < 1.29 is 4.79 Å². The van der Waals surface area contributed by atoms with Crippen molar-refractivity contribution in [2.24, 2.45) is 0 Å². The number of nitrogens with one attached hydrogen (secondary N) is 2. The largest absolute Gasteiger partial charge is 0.351 e. The second-order valence-electron chi connectivity index (χ2n) is 5.58. The molecule has 8 heteroatoms. The first-order valence-corrected chi connectivity index (χ1v) is 9.77. The van der Waals surface area contributed by atoms with Crippen LogP contribution >= 0.6 is 39.0 Å². The summed E-state index contributed by atoms with van der Waals surface area (Å²) >= 11 is 6.26. The number of hydrogen-bond acceptors (Lipinski definition) is 6. The van der Waals surface area contributed by atoms with Crippen molar-refractivity contribution in [1.82, 2.24) is 15.5 Å². The van der Waals surface area contributed by atoms with Crippen molar-refractivity contribution in [3.8, 4) is 0 Å². The minimum atomic E-state index is -0.174. The van der Waals surface area contributed by atoms with Gasteiger partial charge in [-0.15, -0.1) is 10.2 Å². The van der Waals surface area contributed by atoms with Crippen molar-refractivity contribution in [1.29, 1.82) is 0 Å². The van der Waals surface area contributed by atoms with Crippen LogP contribution in [0.25, 0.3) is 0 Å². The van der Waals surface area contributed by atoms with E-state index in [1.165, 1.54) is 23.1 Å². The predicted molar refractivity (Wildman–Crippen MR) is 101 cm³/mol. The molecule has 0 spiro atoms. The number of hydrogen-bond donors (Lipinski definition) is 2. The molecule has 2 aromatic rings. The molecule has 2 rings (SSSR count). The van der Waals surface area contributed by atoms with E-state index in [1.54, 1.807) is 0 Å². The molecule has 5 nitrogen and oxygen atoms in total. The third-order valence-corrected chi connectivity index (χ3v) is 5.64. The number of benzene rings is 1. The number of thioether (sulfide) groups is 1. The summed E-state index contributed by atoms with van der Waals surface area (Å²) in [4.78, 5) is 11.9. The number of anilines is 2. The van der Waals surface area contributed by atoms with Crippen LogP contribution in [0.2, 0.25) is 0 Å². The Morgan fingerprint density at radius 1 is 1.39 bits per heavy atom. The summed E-state index contributed by atoms with van der Waals surface area (Å²) in [6, 6.07) is 7.83. The van der Waals surface area contributed by atoms with E-state index in [0.29, 0.717) is 10.9 Å². The Balaban J connectivity index is 1.86. The molecule has 1 amide bonds. The second-order valence-corrected chi connectivity index (χ2v) is 8.70. The zero-order valence-corrected chi connectivity index (χ0v) is 16.4. The van der Waals surface area contributed by atoms with Gasteiger partial charge in [-0.2, -0.15) is 0 Å². The molecular formula is C15H19BrN4OS2. The SMILES string of the molecule is CCC(C)(C)NC(=O)CSc1nnc(Nc2cccc(Br)c2)s1. The lowest BCUT2D eigenvalue weighted by Crippen LogP contribution is -2.43. The molecule has 1 aromatic heterocycles. The standard InChI is InChI=1S/C15H19BrN4OS2/c1-4-15(2,3)18-12(21)9-22-14-20-19-13(23-14)17-11-7-5-6-10(16)8-11/h5-8H,4,9H2,1-3H3,(H,17,19)(H,18,21). The number of carbonyl (C=O) groups excluding carboxylic acids is 1. The van der Waals surface area contributed by atoms with Gasteiger partial charge < -0.3 is 10.6 Å². The molecular weight excluding hydrogens is 396 g/mol. The molecule has 0 aliphatic carbocycles. The van der Waals surface area contributed by atoms with Crippen LogP contribution in [-0.4, -0.2) is 27.4 Å². The smallest absolute Gasteiger partial charge is 0.230 e. The van der Waals surface area contributed by atoms with Gasteiger partial charge in [-0.1, -0.05) is 52.0 Å². The molecule has 0 aliphatic heterocycles. The summed E-state index contributed by atoms with van der Waals surface area (Å²) in [7, 11) is 0. The van der Waals surface area contributed by atoms with Crippen LogP contribution < -0.4 is 10.6 Å². The summed E-state index contributed by atoms with van der Waals surface area (Å²) < 4.78 is 1.77. The predicted octanol–water partition coefficient (Wildman–Crippen LogP) is 4.44. The summed E-state index contributed by atoms with van der Waals surface area (Å²) in [6.45, 7) is 6.08. The highest BCUT2D eigenvalue weighted by Crippen LogP contribution is 2.28. The van der Waals surface area contributed by atoms with Gasteiger partial charge >= 0.3 is 0 Å². The van der Waals surface area contributed by atoms with Gasteiger partial charge in [-0.3, -0.25) is 4.79 Å². The maximum absolute atomic E-state index is 11.9. The lowest BCUT2D eigenvalue weighted by molar-refractivity contribution is -0.120. The lowest BCUT2D eigenvalue weighted by Gasteiger charge is -2.24. The van der Waals surface area contributed by atoms with Crippen LogP contribution in [0, 0.1) is 0 Å². The van der Waals surface area contributed by atoms with Gasteiger partial charge in [0.25, 0.3) is 0 Å². The average Bonchev–Trinajstić information content (AvgIpc) is 2.92. The normalized spacial score (nSPS) is 11.3. The minimum Gasteiger partial charge on any atom is -0.351 e. The Morgan fingerprint density at radius 2 is 2.17 bits per heavy atom. The van der Waals surface area contributed by atoms with E-state index in [2.05, 4.69) is 43.7 Å². The highest BCUT2D eigenvalue weighted by atomic mass is 79.9. The molecule has 23 heavy (non-hydrogen) atoms. The topological polar surface area (TPSA) is 66.9 Å². The van der Waals surface area contributed by atoms with Gasteiger partial charge in [0.05, 0.1) is 5.75 Å². The first kappa shape index (κ1) is 18.2. The van der Waals surface area contributed by atoms with Crippen LogP contribution in [0.1, 0.15) is 27.2 Å². The molecule has 0 unspecified atom stereocenters. The molecule has 0 aliphatic rings. The van der Waals surface area contributed by atoms with E-state index in [1.807, 2.05) is 38.1 Å². The van der Waals surface area contributed by atoms with Gasteiger partial charge in [0.15, 0.2) is 4.34 Å². The van der Waals surface area contributed by atoms with Crippen LogP contribution in [0.15, 0.2) is 33.1 Å². The molecule has 1 aromatic carbocycles. The van der Waals surface area contributed by atoms with Gasteiger partial charge in [0.1, 0.15) is 0 Å². The Kier molecular flexibility index (Phi) is 6.43. The fourth-order valence-corrected chi connectivity index (χ4v) is 3.61. The van der Waals surface area contributed by atoms with Crippen molar-refractivity contribution >= 4 is 55.8 Å². The number of aromatic nitrogens is 2. The van der Waals surface area contributed by atoms with Crippen molar-refractivity contribution in [3.63, 3.8) is 0 Å². The molecule has 0 saturated heterocycles. The summed E-state index contributed by atoms with van der Waals surface area (Å²) in [6.07, 6.45) is 0.892. The second kappa shape index (κ2) is 8.12. The summed E-state index contributed by atoms with van der Waals surface area (Å²) in [5.74, 6) is 0.355. The Morgan fingerprint density at radius 3 is 2.87 bits per heavy atom. The minimum absolute atomic E-state index is 0.0125. The first-order valence-electron chi connectivity index (χ1n) is 7.18. The highest BCUT2D eigenvalue weighted by molar-refractivity contribution is 9.10. The van der Waals surface area contributed by atoms with E-state index < -0.39 is 0 Å². The van der Waals surface area contributed by atoms with Gasteiger partial charge in [-0.05, 0) is 38.5 Å². The van der Waals surface area contributed by atoms with E-state index in [9.17, 15) is 4.79 Å². The molecule has 0 radical (unpaired) electrons. The first-order chi connectivity index (χ1) is 10.9. The molecule has 124 valence electrons. The average molecular weight is 415 g/mol. The Bertz CT molecular complexity index is 675. The number of carbonyl (C=O) groups is 1. The monoisotopic (exact) mass is 414 g/mol. The number of halogens is 1. The van der Waals surface area contributed by atoms with Crippen LogP contribution in [0.5, 0.6) is 0 Å². The summed E-state index contributed by atoms with van der Waals surface area (Å²) in [5, 5.41) is 15.1. The van der Waals surface area contributed by atoms with E-state index in [-0.39, 0.29) is 11.4 Å². The third-order valence-electron chi connectivity index (χ3n) is 3.17. The summed E-state index contributed by atoms with van der Waals surface area (Å²) in [5.41, 5.74) is 0.765. The van der Waals surface area contributed by atoms with Crippen LogP contribution in [-0.2, 0) is 4.79 Å². The number of amides is 1. The molecule has 0 atom stereocenters. The zero-order valence-electron chi connectivity index (χ0n) is 13.2. The van der Waals surface area contributed by atoms with E-state index in [4.69, 9.17) is 0 Å². The highest BCUT2D eigenvalue weighted by Gasteiger charge is 2.18. The van der Waals surface area contributed by atoms with Crippen molar-refractivity contribution in [3.05, 3.63) is 28.7 Å².